The molecule has 0 spiro atoms. The number of H-pyrrole nitrogens is 1. The number of rotatable bonds is 3. The predicted molar refractivity (Wildman–Crippen MR) is 105 cm³/mol. The lowest BCUT2D eigenvalue weighted by Crippen LogP contribution is -2.51. The van der Waals surface area contributed by atoms with Gasteiger partial charge in [-0.1, -0.05) is 0 Å². The van der Waals surface area contributed by atoms with Crippen LogP contribution in [0.25, 0.3) is 17.2 Å². The van der Waals surface area contributed by atoms with E-state index < -0.39 is 11.9 Å². The third kappa shape index (κ3) is 3.69. The van der Waals surface area contributed by atoms with E-state index in [9.17, 15) is 13.2 Å². The summed E-state index contributed by atoms with van der Waals surface area (Å²) in [5.41, 5.74) is 0.538. The Bertz CT molecular complexity index is 1200. The SMILES string of the molecule is C[C@H]1CN(c2ccnc(-c3cnc4cnc(C(F)(F)F)cn34)n2)C[C@@H](c2c[nH]cn2)N1. The first-order valence-corrected chi connectivity index (χ1v) is 9.62. The van der Waals surface area contributed by atoms with Gasteiger partial charge in [-0.25, -0.2) is 24.9 Å². The Balaban J connectivity index is 1.49. The van der Waals surface area contributed by atoms with E-state index in [1.54, 1.807) is 18.6 Å². The molecule has 31 heavy (non-hydrogen) atoms. The van der Waals surface area contributed by atoms with Crippen LogP contribution in [0.2, 0.25) is 0 Å². The van der Waals surface area contributed by atoms with Crippen molar-refractivity contribution >= 4 is 11.5 Å². The van der Waals surface area contributed by atoms with Gasteiger partial charge < -0.3 is 15.2 Å². The quantitative estimate of drug-likeness (QED) is 0.516. The molecule has 12 heteroatoms. The zero-order valence-electron chi connectivity index (χ0n) is 16.4. The predicted octanol–water partition coefficient (Wildman–Crippen LogP) is 2.47. The van der Waals surface area contributed by atoms with E-state index in [1.807, 2.05) is 6.20 Å². The lowest BCUT2D eigenvalue weighted by Gasteiger charge is -2.37. The highest BCUT2D eigenvalue weighted by Gasteiger charge is 2.33. The molecule has 0 aliphatic carbocycles. The summed E-state index contributed by atoms with van der Waals surface area (Å²) in [4.78, 5) is 25.9. The number of hydrogen-bond acceptors (Lipinski definition) is 7. The maximum absolute atomic E-state index is 13.1. The minimum atomic E-state index is -4.56. The third-order valence-corrected chi connectivity index (χ3v) is 5.14. The minimum absolute atomic E-state index is 0.0182. The summed E-state index contributed by atoms with van der Waals surface area (Å²) in [6.07, 6.45) is 3.97. The number of fused-ring (bicyclic) bond motifs is 1. The van der Waals surface area contributed by atoms with Crippen molar-refractivity contribution in [2.24, 2.45) is 0 Å². The second kappa shape index (κ2) is 7.30. The summed E-state index contributed by atoms with van der Waals surface area (Å²) in [7, 11) is 0. The molecule has 0 amide bonds. The fourth-order valence-corrected chi connectivity index (χ4v) is 3.75. The molecule has 5 rings (SSSR count). The first-order valence-electron chi connectivity index (χ1n) is 9.62. The van der Waals surface area contributed by atoms with Gasteiger partial charge >= 0.3 is 6.18 Å². The zero-order valence-corrected chi connectivity index (χ0v) is 16.4. The fourth-order valence-electron chi connectivity index (χ4n) is 3.75. The van der Waals surface area contributed by atoms with E-state index in [-0.39, 0.29) is 23.6 Å². The molecule has 1 aliphatic rings. The number of piperazine rings is 1. The first-order chi connectivity index (χ1) is 14.9. The molecule has 0 unspecified atom stereocenters. The minimum Gasteiger partial charge on any atom is -0.353 e. The summed E-state index contributed by atoms with van der Waals surface area (Å²) >= 11 is 0. The van der Waals surface area contributed by atoms with E-state index in [0.717, 1.165) is 18.1 Å². The van der Waals surface area contributed by atoms with E-state index in [0.29, 0.717) is 24.6 Å². The molecule has 2 atom stereocenters. The molecule has 1 saturated heterocycles. The van der Waals surface area contributed by atoms with Crippen molar-refractivity contribution in [2.75, 3.05) is 18.0 Å². The highest BCUT2D eigenvalue weighted by molar-refractivity contribution is 5.58. The highest BCUT2D eigenvalue weighted by atomic mass is 19.4. The number of nitrogens with one attached hydrogen (secondary N) is 2. The van der Waals surface area contributed by atoms with Crippen LogP contribution in [0.3, 0.4) is 0 Å². The van der Waals surface area contributed by atoms with Crippen LogP contribution >= 0.6 is 0 Å². The summed E-state index contributed by atoms with van der Waals surface area (Å²) in [5, 5.41) is 3.51. The van der Waals surface area contributed by atoms with Crippen molar-refractivity contribution in [1.82, 2.24) is 39.6 Å². The maximum Gasteiger partial charge on any atom is 0.434 e. The van der Waals surface area contributed by atoms with E-state index in [4.69, 9.17) is 0 Å². The molecule has 2 N–H and O–H groups in total. The van der Waals surface area contributed by atoms with Crippen molar-refractivity contribution in [1.29, 1.82) is 0 Å². The lowest BCUT2D eigenvalue weighted by atomic mass is 10.1. The summed E-state index contributed by atoms with van der Waals surface area (Å²) in [6, 6.07) is 1.99. The molecule has 0 bridgehead atoms. The molecule has 4 aromatic heterocycles. The van der Waals surface area contributed by atoms with E-state index in [1.165, 1.54) is 10.6 Å². The van der Waals surface area contributed by atoms with Crippen LogP contribution in [0.4, 0.5) is 19.0 Å². The summed E-state index contributed by atoms with van der Waals surface area (Å²) in [5.74, 6) is 0.964. The lowest BCUT2D eigenvalue weighted by molar-refractivity contribution is -0.141. The molecule has 0 aromatic carbocycles. The standard InChI is InChI=1S/C19H18F3N9/c1-11-7-30(8-13(28-11)12-4-23-10-27-12)16-2-3-24-18(29-16)14-5-26-17-6-25-15(9-31(14)17)19(20,21)22/h2-6,9-11,13,28H,7-8H2,1H3,(H,23,27)/t11-,13-/m0/s1. The summed E-state index contributed by atoms with van der Waals surface area (Å²) < 4.78 is 40.6. The Morgan fingerprint density at radius 2 is 1.97 bits per heavy atom. The van der Waals surface area contributed by atoms with Gasteiger partial charge in [-0.2, -0.15) is 13.2 Å². The Labute approximate surface area is 174 Å². The zero-order chi connectivity index (χ0) is 21.6. The van der Waals surface area contributed by atoms with Crippen molar-refractivity contribution in [3.63, 3.8) is 0 Å². The molecule has 0 radical (unpaired) electrons. The molecule has 9 nitrogen and oxygen atoms in total. The monoisotopic (exact) mass is 429 g/mol. The third-order valence-electron chi connectivity index (χ3n) is 5.14. The van der Waals surface area contributed by atoms with Crippen LogP contribution < -0.4 is 10.2 Å². The number of aromatic nitrogens is 7. The average molecular weight is 429 g/mol. The van der Waals surface area contributed by atoms with Crippen LogP contribution in [0.5, 0.6) is 0 Å². The van der Waals surface area contributed by atoms with E-state index in [2.05, 4.69) is 47.0 Å². The van der Waals surface area contributed by atoms with Crippen LogP contribution in [-0.2, 0) is 6.18 Å². The summed E-state index contributed by atoms with van der Waals surface area (Å²) in [6.45, 7) is 3.43. The van der Waals surface area contributed by atoms with Gasteiger partial charge in [0.1, 0.15) is 11.5 Å². The number of hydrogen-bond donors (Lipinski definition) is 2. The second-order valence-electron chi connectivity index (χ2n) is 7.40. The molecular formula is C19H18F3N9. The average Bonchev–Trinajstić information content (AvgIpc) is 3.42. The number of anilines is 1. The van der Waals surface area contributed by atoms with Gasteiger partial charge in [-0.3, -0.25) is 4.40 Å². The molecule has 1 fully saturated rings. The van der Waals surface area contributed by atoms with Gasteiger partial charge in [0.2, 0.25) is 0 Å². The first kappa shape index (κ1) is 19.4. The van der Waals surface area contributed by atoms with Crippen molar-refractivity contribution in [3.05, 3.63) is 54.8 Å². The van der Waals surface area contributed by atoms with Crippen LogP contribution in [0.1, 0.15) is 24.4 Å². The maximum atomic E-state index is 13.1. The number of aromatic amines is 1. The Hall–Kier alpha value is -3.54. The fraction of sp³-hybridized carbons (Fsp3) is 0.316. The van der Waals surface area contributed by atoms with Crippen molar-refractivity contribution in [2.45, 2.75) is 25.2 Å². The van der Waals surface area contributed by atoms with Gasteiger partial charge in [0.15, 0.2) is 17.2 Å². The van der Waals surface area contributed by atoms with Crippen molar-refractivity contribution < 1.29 is 13.2 Å². The second-order valence-corrected chi connectivity index (χ2v) is 7.40. The topological polar surface area (TPSA) is 99.9 Å². The number of nitrogens with zero attached hydrogens (tertiary/aromatic N) is 7. The van der Waals surface area contributed by atoms with Crippen LogP contribution in [0, 0.1) is 0 Å². The van der Waals surface area contributed by atoms with Crippen LogP contribution in [-0.4, -0.2) is 53.4 Å². The van der Waals surface area contributed by atoms with E-state index >= 15 is 0 Å². The van der Waals surface area contributed by atoms with Gasteiger partial charge in [0.05, 0.1) is 30.5 Å². The van der Waals surface area contributed by atoms with Gasteiger partial charge in [0.25, 0.3) is 0 Å². The molecular weight excluding hydrogens is 411 g/mol. The Kier molecular flexibility index (Phi) is 4.58. The number of alkyl halides is 3. The normalized spacial score (nSPS) is 19.8. The number of imidazole rings is 2. The number of halogens is 3. The van der Waals surface area contributed by atoms with Gasteiger partial charge in [-0.15, -0.1) is 0 Å². The Morgan fingerprint density at radius 3 is 2.74 bits per heavy atom. The van der Waals surface area contributed by atoms with Crippen LogP contribution in [0.15, 0.2) is 43.4 Å². The smallest absolute Gasteiger partial charge is 0.353 e. The highest BCUT2D eigenvalue weighted by Crippen LogP contribution is 2.29. The molecule has 1 aliphatic heterocycles. The molecule has 5 heterocycles. The Morgan fingerprint density at radius 1 is 1.10 bits per heavy atom. The molecule has 0 saturated carbocycles. The van der Waals surface area contributed by atoms with Crippen molar-refractivity contribution in [3.8, 4) is 11.5 Å². The largest absolute Gasteiger partial charge is 0.434 e. The molecule has 160 valence electrons. The molecule has 4 aromatic rings. The van der Waals surface area contributed by atoms with Gasteiger partial charge in [0, 0.05) is 37.7 Å². The van der Waals surface area contributed by atoms with Gasteiger partial charge in [-0.05, 0) is 13.0 Å².